The molecule has 84 heavy (non-hydrogen) atoms. The molecule has 0 bridgehead atoms. The maximum Gasteiger partial charge on any atom is 0.258 e. The molecule has 3 heterocycles. The third-order valence-corrected chi connectivity index (χ3v) is 16.2. The van der Waals surface area contributed by atoms with Crippen LogP contribution < -0.4 is 29.9 Å². The molecule has 2 spiro atoms. The summed E-state index contributed by atoms with van der Waals surface area (Å²) in [6.45, 7) is 3.31. The van der Waals surface area contributed by atoms with Gasteiger partial charge in [0, 0.05) is 79.3 Å². The standard InChI is InChI=1S/C30H26ClFN6O3.C30H28ClFN2O3.B6/c1-41-26-14-18(6-9-24(26)33-28(39)22-15-21(32)7-8-23(22)31)29(40)38-13-12-30(16-19-4-2-3-5-25(19)38)11-10-20(17-30)27-34-36-37-35-27;1-19-11-12-30(17-19)13-14-34(26-6-4-3-5-21(26)18-30)29(36)20-7-10-25(27(15-20)37-2)33-28(35)23-16-22(32)8-9-24(23)31;1-5(2)6(3)4/h2-9,14-15,17H,10-13,16H2,1H3,(H,33,39)(H,34,35,36,37);3-10,15-17H,11-14,18H2,1-2H3,(H,33,35);/t2*30-;/m01./s1. The summed E-state index contributed by atoms with van der Waals surface area (Å²) in [5, 5.41) is 20.2. The van der Waals surface area contributed by atoms with E-state index in [-0.39, 0.29) is 43.8 Å². The van der Waals surface area contributed by atoms with Gasteiger partial charge in [-0.3, -0.25) is 19.2 Å². The van der Waals surface area contributed by atoms with Gasteiger partial charge in [-0.15, -0.1) is 10.2 Å². The van der Waals surface area contributed by atoms with Crippen LogP contribution in [0.15, 0.2) is 139 Å². The number of nitrogens with one attached hydrogen (secondary N) is 3. The average Bonchev–Trinajstić information content (AvgIpc) is 3.80. The highest BCUT2D eigenvalue weighted by atomic mass is 35.5. The molecule has 4 aliphatic rings. The van der Waals surface area contributed by atoms with E-state index >= 15 is 0 Å². The molecule has 14 nitrogen and oxygen atoms in total. The molecule has 1 aromatic heterocycles. The Bertz CT molecular complexity index is 3690. The number of nitrogens with zero attached hydrogens (tertiary/aromatic N) is 5. The average molecular weight is 1160 g/mol. The Morgan fingerprint density at radius 1 is 0.619 bits per heavy atom. The molecular weight excluding hydrogens is 1100 g/mol. The number of amides is 4. The molecule has 0 fully saturated rings. The summed E-state index contributed by atoms with van der Waals surface area (Å²) < 4.78 is 38.4. The van der Waals surface area contributed by atoms with Gasteiger partial charge in [-0.2, -0.15) is 5.21 Å². The third kappa shape index (κ3) is 13.9. The van der Waals surface area contributed by atoms with Gasteiger partial charge in [0.1, 0.15) is 23.1 Å². The minimum Gasteiger partial charge on any atom is -0.495 e. The van der Waals surface area contributed by atoms with Crippen molar-refractivity contribution in [3.8, 4) is 11.5 Å². The summed E-state index contributed by atoms with van der Waals surface area (Å²) in [5.74, 6) is -1.40. The quantitative estimate of drug-likeness (QED) is 0.0890. The molecule has 24 heteroatoms. The number of allylic oxidation sites excluding steroid dienone is 4. The molecule has 0 unspecified atom stereocenters. The second-order valence-corrected chi connectivity index (χ2v) is 22.1. The Labute approximate surface area is 502 Å². The molecule has 0 saturated heterocycles. The van der Waals surface area contributed by atoms with Gasteiger partial charge in [0.05, 0.1) is 46.8 Å². The van der Waals surface area contributed by atoms with Crippen LogP contribution >= 0.6 is 23.2 Å². The molecule has 8 radical (unpaired) electrons. The molecular formula is C60H54B6Cl2F2N8O6. The van der Waals surface area contributed by atoms with Crippen LogP contribution in [0.5, 0.6) is 11.5 Å². The highest BCUT2D eigenvalue weighted by Crippen LogP contribution is 2.49. The first-order valence-electron chi connectivity index (χ1n) is 27.1. The fraction of sp³-hybridized carbons (Fsp3) is 0.250. The number of rotatable bonds is 10. The maximum absolute atomic E-state index is 14.0. The molecule has 2 aliphatic carbocycles. The van der Waals surface area contributed by atoms with Crippen molar-refractivity contribution in [2.45, 2.75) is 58.3 Å². The van der Waals surface area contributed by atoms with E-state index < -0.39 is 36.2 Å². The van der Waals surface area contributed by atoms with E-state index in [0.717, 1.165) is 86.0 Å². The smallest absolute Gasteiger partial charge is 0.258 e. The number of aromatic amines is 1. The maximum atomic E-state index is 14.0. The van der Waals surface area contributed by atoms with Crippen molar-refractivity contribution in [3.05, 3.63) is 200 Å². The van der Waals surface area contributed by atoms with Crippen LogP contribution in [0.25, 0.3) is 5.57 Å². The van der Waals surface area contributed by atoms with Gasteiger partial charge in [0.2, 0.25) is 0 Å². The predicted molar refractivity (Wildman–Crippen MR) is 331 cm³/mol. The van der Waals surface area contributed by atoms with Crippen molar-refractivity contribution in [3.63, 3.8) is 0 Å². The number of tetrazole rings is 1. The van der Waals surface area contributed by atoms with Gasteiger partial charge < -0.3 is 29.9 Å². The van der Waals surface area contributed by atoms with E-state index in [9.17, 15) is 28.0 Å². The molecule has 3 N–H and O–H groups in total. The topological polar surface area (TPSA) is 172 Å². The lowest BCUT2D eigenvalue weighted by molar-refractivity contribution is 0.0977. The van der Waals surface area contributed by atoms with E-state index in [1.165, 1.54) is 49.6 Å². The van der Waals surface area contributed by atoms with Crippen molar-refractivity contribution < 1.29 is 37.4 Å². The molecule has 4 amide bonds. The van der Waals surface area contributed by atoms with Crippen LogP contribution in [0.4, 0.5) is 31.5 Å². The number of aromatic nitrogens is 4. The summed E-state index contributed by atoms with van der Waals surface area (Å²) >= 11 is 12.2. The van der Waals surface area contributed by atoms with Gasteiger partial charge >= 0.3 is 0 Å². The minimum atomic E-state index is -0.594. The van der Waals surface area contributed by atoms with E-state index in [4.69, 9.17) is 63.6 Å². The van der Waals surface area contributed by atoms with E-state index in [1.807, 2.05) is 46.2 Å². The second kappa shape index (κ2) is 26.4. The Kier molecular flexibility index (Phi) is 19.1. The number of halogens is 4. The number of carbonyl (C=O) groups is 4. The molecule has 2 aliphatic heterocycles. The second-order valence-electron chi connectivity index (χ2n) is 21.3. The largest absolute Gasteiger partial charge is 0.495 e. The van der Waals surface area contributed by atoms with Crippen LogP contribution in [0.2, 0.25) is 10.0 Å². The number of carbonyl (C=O) groups excluding carboxylic acids is 4. The summed E-state index contributed by atoms with van der Waals surface area (Å²) in [5.41, 5.74) is 8.04. The summed E-state index contributed by atoms with van der Waals surface area (Å²) in [4.78, 5) is 57.0. The number of H-pyrrole nitrogens is 1. The fourth-order valence-corrected chi connectivity index (χ4v) is 11.6. The van der Waals surface area contributed by atoms with Crippen LogP contribution in [0, 0.1) is 22.5 Å². The minimum absolute atomic E-state index is 0.00701. The van der Waals surface area contributed by atoms with Crippen molar-refractivity contribution in [2.24, 2.45) is 10.8 Å². The predicted octanol–water partition coefficient (Wildman–Crippen LogP) is 10.5. The van der Waals surface area contributed by atoms with E-state index in [1.54, 1.807) is 36.4 Å². The van der Waals surface area contributed by atoms with Gasteiger partial charge in [0.15, 0.2) is 5.82 Å². The zero-order valence-corrected chi connectivity index (χ0v) is 47.9. The number of hydrogen-bond acceptors (Lipinski definition) is 9. The first-order valence-corrected chi connectivity index (χ1v) is 27.9. The number of benzene rings is 6. The lowest BCUT2D eigenvalue weighted by atomic mass is 8.81. The molecule has 7 aromatic rings. The van der Waals surface area contributed by atoms with Crippen molar-refractivity contribution >= 4 is 119 Å². The Balaban J connectivity index is 0.000000185. The third-order valence-electron chi connectivity index (χ3n) is 15.6. The van der Waals surface area contributed by atoms with Crippen molar-refractivity contribution in [2.75, 3.05) is 47.7 Å². The van der Waals surface area contributed by atoms with Crippen LogP contribution in [0.3, 0.4) is 0 Å². The summed E-state index contributed by atoms with van der Waals surface area (Å²) in [6, 6.07) is 33.0. The number of fused-ring (bicyclic) bond motifs is 2. The van der Waals surface area contributed by atoms with Crippen LogP contribution in [-0.4, -0.2) is 115 Å². The van der Waals surface area contributed by atoms with Gasteiger partial charge in [0.25, 0.3) is 23.6 Å². The number of anilines is 4. The van der Waals surface area contributed by atoms with Gasteiger partial charge in [-0.25, -0.2) is 8.78 Å². The highest BCUT2D eigenvalue weighted by molar-refractivity contribution is 7.76. The lowest BCUT2D eigenvalue weighted by Gasteiger charge is -2.26. The monoisotopic (exact) mass is 1160 g/mol. The van der Waals surface area contributed by atoms with Gasteiger partial charge in [-0.05, 0) is 176 Å². The van der Waals surface area contributed by atoms with E-state index in [2.05, 4.69) is 62.5 Å². The zero-order valence-electron chi connectivity index (χ0n) is 46.4. The first kappa shape index (κ1) is 60.8. The number of para-hydroxylation sites is 2. The van der Waals surface area contributed by atoms with Crippen molar-refractivity contribution in [1.82, 2.24) is 20.6 Å². The molecule has 2 atom stereocenters. The normalized spacial score (nSPS) is 17.6. The Hall–Kier alpha value is -7.82. The first-order chi connectivity index (χ1) is 40.3. The Morgan fingerprint density at radius 3 is 1.51 bits per heavy atom. The zero-order chi connectivity index (χ0) is 59.9. The fourth-order valence-electron chi connectivity index (χ4n) is 11.2. The number of hydrogen-bond donors (Lipinski definition) is 3. The molecule has 6 aromatic carbocycles. The molecule has 416 valence electrons. The van der Waals surface area contributed by atoms with Crippen LogP contribution in [0.1, 0.15) is 104 Å². The van der Waals surface area contributed by atoms with Crippen LogP contribution in [-0.2, 0) is 12.8 Å². The van der Waals surface area contributed by atoms with Gasteiger partial charge in [-0.1, -0.05) is 77.3 Å². The number of methoxy groups -OCH3 is 2. The van der Waals surface area contributed by atoms with E-state index in [0.29, 0.717) is 52.9 Å². The summed E-state index contributed by atoms with van der Waals surface area (Å²) in [6.07, 6.45) is 10.8. The lowest BCUT2D eigenvalue weighted by Crippen LogP contribution is -2.38. The van der Waals surface area contributed by atoms with Crippen molar-refractivity contribution in [1.29, 1.82) is 0 Å². The molecule has 11 rings (SSSR count). The molecule has 0 saturated carbocycles. The number of ether oxygens (including phenoxy) is 2. The highest BCUT2D eigenvalue weighted by Gasteiger charge is 2.40. The Morgan fingerprint density at radius 2 is 1.08 bits per heavy atom. The SMILES string of the molecule is COc1cc(C(=O)N2CC[C@]3(C=C(C)CC3)Cc3ccccc32)ccc1NC(=O)c1cc(F)ccc1Cl.COc1cc(C(=O)N2CC[C@]3(C=C(c4nn[nH]n4)CC3)Cc3ccccc32)ccc1NC(=O)c1cc(F)ccc1Cl.[B]B([B])B([B])[B]. The summed E-state index contributed by atoms with van der Waals surface area (Å²) in [7, 11) is 22.8.